The van der Waals surface area contributed by atoms with Crippen LogP contribution in [0, 0.1) is 0 Å². The highest BCUT2D eigenvalue weighted by molar-refractivity contribution is 5.77. The summed E-state index contributed by atoms with van der Waals surface area (Å²) in [5.41, 5.74) is 0. The predicted molar refractivity (Wildman–Crippen MR) is 102 cm³/mol. The number of likely N-dealkylation sites (N-methyl/N-ethyl adjacent to an activating group) is 1. The number of carbonyl (C=O) groups is 1. The molecule has 0 radical (unpaired) electrons. The molecule has 0 spiro atoms. The molecule has 2 saturated heterocycles. The fourth-order valence-corrected chi connectivity index (χ4v) is 3.52. The molecule has 1 atom stereocenters. The number of hydrogen-bond donors (Lipinski definition) is 0. The zero-order valence-corrected chi connectivity index (χ0v) is 16.2. The van der Waals surface area contributed by atoms with Gasteiger partial charge in [0.2, 0.25) is 5.91 Å². The molecule has 2 aliphatic heterocycles. The molecule has 1 aromatic rings. The van der Waals surface area contributed by atoms with Crippen molar-refractivity contribution in [1.82, 2.24) is 14.7 Å². The Balaban J connectivity index is 1.35. The van der Waals surface area contributed by atoms with E-state index in [0.29, 0.717) is 25.6 Å². The number of hydrogen-bond acceptors (Lipinski definition) is 5. The van der Waals surface area contributed by atoms with E-state index in [4.69, 9.17) is 9.47 Å². The third-order valence-electron chi connectivity index (χ3n) is 5.48. The molecule has 2 aliphatic rings. The van der Waals surface area contributed by atoms with Crippen LogP contribution in [-0.2, 0) is 4.79 Å². The normalized spacial score (nSPS) is 20.5. The van der Waals surface area contributed by atoms with Gasteiger partial charge in [0.1, 0.15) is 17.6 Å². The Morgan fingerprint density at radius 2 is 1.88 bits per heavy atom. The van der Waals surface area contributed by atoms with Gasteiger partial charge in [0, 0.05) is 44.7 Å². The van der Waals surface area contributed by atoms with Gasteiger partial charge in [-0.25, -0.2) is 0 Å². The number of carbonyl (C=O) groups excluding carboxylic acids is 1. The number of amides is 1. The summed E-state index contributed by atoms with van der Waals surface area (Å²) in [4.78, 5) is 19.1. The minimum absolute atomic E-state index is 0.0844. The maximum Gasteiger partial charge on any atom is 0.222 e. The highest BCUT2D eigenvalue weighted by Crippen LogP contribution is 2.23. The molecule has 6 nitrogen and oxygen atoms in total. The lowest BCUT2D eigenvalue weighted by Gasteiger charge is -2.40. The van der Waals surface area contributed by atoms with Crippen LogP contribution in [0.2, 0.25) is 0 Å². The number of piperazine rings is 1. The summed E-state index contributed by atoms with van der Waals surface area (Å²) in [7, 11) is 3.81. The number of likely N-dealkylation sites (tertiary alicyclic amines) is 1. The van der Waals surface area contributed by atoms with Gasteiger partial charge in [-0.15, -0.1) is 0 Å². The molecule has 26 heavy (non-hydrogen) atoms. The minimum Gasteiger partial charge on any atom is -0.497 e. The van der Waals surface area contributed by atoms with Gasteiger partial charge in [-0.05, 0) is 32.5 Å². The van der Waals surface area contributed by atoms with Crippen LogP contribution in [-0.4, -0.2) is 86.2 Å². The summed E-state index contributed by atoms with van der Waals surface area (Å²) in [5, 5.41) is 0. The Hall–Kier alpha value is -1.79. The summed E-state index contributed by atoms with van der Waals surface area (Å²) in [6.07, 6.45) is 1.64. The smallest absolute Gasteiger partial charge is 0.222 e. The van der Waals surface area contributed by atoms with Crippen molar-refractivity contribution in [2.75, 3.05) is 53.4 Å². The van der Waals surface area contributed by atoms with Gasteiger partial charge >= 0.3 is 0 Å². The average molecular weight is 361 g/mol. The maximum absolute atomic E-state index is 12.4. The molecular formula is C20H31N3O3. The standard InChI is InChI=1S/C20H31N3O3/c1-16(22-11-9-21(2)10-12-22)7-8-20(24)23-14-19(15-23)26-18-6-4-5-17(13-18)25-3/h4-6,13,16,19H,7-12,14-15H2,1-3H3/t16-/m0/s1. The summed E-state index contributed by atoms with van der Waals surface area (Å²) < 4.78 is 11.1. The molecule has 0 aliphatic carbocycles. The van der Waals surface area contributed by atoms with E-state index in [9.17, 15) is 4.79 Å². The number of benzene rings is 1. The Labute approximate surface area is 156 Å². The molecule has 0 unspecified atom stereocenters. The van der Waals surface area contributed by atoms with Crippen molar-refractivity contribution >= 4 is 5.91 Å². The van der Waals surface area contributed by atoms with E-state index in [1.807, 2.05) is 29.2 Å². The molecule has 2 heterocycles. The first-order valence-electron chi connectivity index (χ1n) is 9.56. The molecular weight excluding hydrogens is 330 g/mol. The maximum atomic E-state index is 12.4. The first-order valence-corrected chi connectivity index (χ1v) is 9.56. The summed E-state index contributed by atoms with van der Waals surface area (Å²) in [6, 6.07) is 8.07. The number of nitrogens with zero attached hydrogens (tertiary/aromatic N) is 3. The molecule has 1 aromatic carbocycles. The largest absolute Gasteiger partial charge is 0.497 e. The zero-order valence-electron chi connectivity index (χ0n) is 16.2. The van der Waals surface area contributed by atoms with E-state index in [2.05, 4.69) is 23.8 Å². The van der Waals surface area contributed by atoms with Gasteiger partial charge in [-0.2, -0.15) is 0 Å². The van der Waals surface area contributed by atoms with Gasteiger partial charge in [-0.3, -0.25) is 9.69 Å². The van der Waals surface area contributed by atoms with Gasteiger partial charge < -0.3 is 19.3 Å². The first kappa shape index (κ1) is 19.0. The lowest BCUT2D eigenvalue weighted by atomic mass is 10.1. The minimum atomic E-state index is 0.0844. The summed E-state index contributed by atoms with van der Waals surface area (Å²) in [5.74, 6) is 1.83. The Morgan fingerprint density at radius 1 is 1.19 bits per heavy atom. The highest BCUT2D eigenvalue weighted by atomic mass is 16.5. The van der Waals surface area contributed by atoms with E-state index in [1.54, 1.807) is 7.11 Å². The van der Waals surface area contributed by atoms with Crippen LogP contribution < -0.4 is 9.47 Å². The molecule has 0 N–H and O–H groups in total. The van der Waals surface area contributed by atoms with Crippen molar-refractivity contribution in [2.45, 2.75) is 31.9 Å². The molecule has 2 fully saturated rings. The van der Waals surface area contributed by atoms with Crippen molar-refractivity contribution < 1.29 is 14.3 Å². The van der Waals surface area contributed by atoms with E-state index in [1.165, 1.54) is 0 Å². The quantitative estimate of drug-likeness (QED) is 0.740. The van der Waals surface area contributed by atoms with Crippen LogP contribution in [0.3, 0.4) is 0 Å². The van der Waals surface area contributed by atoms with Gasteiger partial charge in [0.25, 0.3) is 0 Å². The van der Waals surface area contributed by atoms with Crippen molar-refractivity contribution in [2.24, 2.45) is 0 Å². The van der Waals surface area contributed by atoms with Crippen LogP contribution in [0.1, 0.15) is 19.8 Å². The van der Waals surface area contributed by atoms with Gasteiger partial charge in [0.05, 0.1) is 20.2 Å². The number of methoxy groups -OCH3 is 1. The third-order valence-corrected chi connectivity index (χ3v) is 5.48. The van der Waals surface area contributed by atoms with Crippen molar-refractivity contribution in [1.29, 1.82) is 0 Å². The molecule has 0 bridgehead atoms. The second-order valence-electron chi connectivity index (χ2n) is 7.44. The predicted octanol–water partition coefficient (Wildman–Crippen LogP) is 1.70. The second kappa shape index (κ2) is 8.73. The van der Waals surface area contributed by atoms with Crippen LogP contribution in [0.15, 0.2) is 24.3 Å². The second-order valence-corrected chi connectivity index (χ2v) is 7.44. The average Bonchev–Trinajstić information content (AvgIpc) is 2.63. The van der Waals surface area contributed by atoms with Gasteiger partial charge in [-0.1, -0.05) is 6.07 Å². The summed E-state index contributed by atoms with van der Waals surface area (Å²) in [6.45, 7) is 8.04. The van der Waals surface area contributed by atoms with Crippen molar-refractivity contribution in [3.8, 4) is 11.5 Å². The van der Waals surface area contributed by atoms with Crippen LogP contribution in [0.25, 0.3) is 0 Å². The molecule has 1 amide bonds. The van der Waals surface area contributed by atoms with Crippen molar-refractivity contribution in [3.63, 3.8) is 0 Å². The van der Waals surface area contributed by atoms with Crippen LogP contribution >= 0.6 is 0 Å². The molecule has 6 heteroatoms. The zero-order chi connectivity index (χ0) is 18.5. The van der Waals surface area contributed by atoms with E-state index in [0.717, 1.165) is 44.1 Å². The van der Waals surface area contributed by atoms with Crippen LogP contribution in [0.4, 0.5) is 0 Å². The fourth-order valence-electron chi connectivity index (χ4n) is 3.52. The topological polar surface area (TPSA) is 45.3 Å². The Kier molecular flexibility index (Phi) is 6.38. The SMILES string of the molecule is COc1cccc(OC2CN(C(=O)CC[C@H](C)N3CCN(C)CC3)C2)c1. The van der Waals surface area contributed by atoms with E-state index < -0.39 is 0 Å². The van der Waals surface area contributed by atoms with Crippen LogP contribution in [0.5, 0.6) is 11.5 Å². The molecule has 0 saturated carbocycles. The third kappa shape index (κ3) is 4.89. The lowest BCUT2D eigenvalue weighted by molar-refractivity contribution is -0.140. The number of rotatable bonds is 7. The Morgan fingerprint density at radius 3 is 2.58 bits per heavy atom. The highest BCUT2D eigenvalue weighted by Gasteiger charge is 2.32. The lowest BCUT2D eigenvalue weighted by Crippen LogP contribution is -2.56. The monoisotopic (exact) mass is 361 g/mol. The summed E-state index contributed by atoms with van der Waals surface area (Å²) >= 11 is 0. The fraction of sp³-hybridized carbons (Fsp3) is 0.650. The first-order chi connectivity index (χ1) is 12.5. The Bertz CT molecular complexity index is 596. The number of ether oxygens (including phenoxy) is 2. The van der Waals surface area contributed by atoms with E-state index in [-0.39, 0.29) is 12.0 Å². The van der Waals surface area contributed by atoms with Gasteiger partial charge in [0.15, 0.2) is 0 Å². The molecule has 3 rings (SSSR count). The molecule has 0 aromatic heterocycles. The molecule has 144 valence electrons. The van der Waals surface area contributed by atoms with E-state index >= 15 is 0 Å². The van der Waals surface area contributed by atoms with Crippen molar-refractivity contribution in [3.05, 3.63) is 24.3 Å².